The predicted molar refractivity (Wildman–Crippen MR) is 121 cm³/mol. The van der Waals surface area contributed by atoms with E-state index < -0.39 is 10.0 Å². The number of rotatable bonds is 6. The number of methoxy groups -OCH3 is 1. The Morgan fingerprint density at radius 3 is 2.39 bits per heavy atom. The summed E-state index contributed by atoms with van der Waals surface area (Å²) in [6.45, 7) is 0.890. The number of aromatic nitrogens is 2. The summed E-state index contributed by atoms with van der Waals surface area (Å²) in [5.74, 6) is 1.17. The smallest absolute Gasteiger partial charge is 0.234 e. The number of hydrogen-bond donors (Lipinski definition) is 0. The van der Waals surface area contributed by atoms with E-state index in [1.807, 2.05) is 54.6 Å². The van der Waals surface area contributed by atoms with Crippen molar-refractivity contribution in [2.45, 2.75) is 18.9 Å². The SMILES string of the molecule is COc1ccccc1-n1nc(OC2CCN(S(C)(=O)=O)CC2)cc1-c1ccc(Cl)cc1. The molecule has 1 aliphatic heterocycles. The Labute approximate surface area is 187 Å². The van der Waals surface area contributed by atoms with Crippen molar-refractivity contribution in [2.24, 2.45) is 0 Å². The summed E-state index contributed by atoms with van der Waals surface area (Å²) in [6, 6.07) is 17.0. The number of hydrogen-bond acceptors (Lipinski definition) is 5. The molecule has 0 saturated carbocycles. The highest BCUT2D eigenvalue weighted by molar-refractivity contribution is 7.88. The zero-order valence-electron chi connectivity index (χ0n) is 17.4. The molecule has 7 nitrogen and oxygen atoms in total. The van der Waals surface area contributed by atoms with Crippen molar-refractivity contribution in [3.8, 4) is 28.6 Å². The van der Waals surface area contributed by atoms with Gasteiger partial charge in [0.1, 0.15) is 17.5 Å². The van der Waals surface area contributed by atoms with Crippen LogP contribution in [0.1, 0.15) is 12.8 Å². The number of sulfonamides is 1. The minimum Gasteiger partial charge on any atom is -0.494 e. The highest BCUT2D eigenvalue weighted by Gasteiger charge is 2.27. The summed E-state index contributed by atoms with van der Waals surface area (Å²) < 4.78 is 38.5. The Balaban J connectivity index is 1.65. The number of piperidine rings is 1. The maximum Gasteiger partial charge on any atom is 0.234 e. The van der Waals surface area contributed by atoms with E-state index >= 15 is 0 Å². The lowest BCUT2D eigenvalue weighted by molar-refractivity contribution is 0.129. The maximum absolute atomic E-state index is 11.7. The van der Waals surface area contributed by atoms with Crippen LogP contribution in [0.2, 0.25) is 5.02 Å². The topological polar surface area (TPSA) is 73.7 Å². The Morgan fingerprint density at radius 1 is 1.06 bits per heavy atom. The lowest BCUT2D eigenvalue weighted by Gasteiger charge is -2.29. The number of benzene rings is 2. The summed E-state index contributed by atoms with van der Waals surface area (Å²) in [7, 11) is -1.55. The van der Waals surface area contributed by atoms with E-state index in [9.17, 15) is 8.42 Å². The molecule has 0 radical (unpaired) electrons. The van der Waals surface area contributed by atoms with Crippen LogP contribution in [0.25, 0.3) is 16.9 Å². The van der Waals surface area contributed by atoms with E-state index in [1.165, 1.54) is 10.6 Å². The summed E-state index contributed by atoms with van der Waals surface area (Å²) >= 11 is 6.07. The molecule has 2 heterocycles. The molecule has 0 atom stereocenters. The van der Waals surface area contributed by atoms with E-state index in [2.05, 4.69) is 0 Å². The van der Waals surface area contributed by atoms with Crippen molar-refractivity contribution in [1.82, 2.24) is 14.1 Å². The van der Waals surface area contributed by atoms with Gasteiger partial charge in [0.05, 0.1) is 19.1 Å². The molecule has 164 valence electrons. The van der Waals surface area contributed by atoms with Crippen LogP contribution >= 0.6 is 11.6 Å². The summed E-state index contributed by atoms with van der Waals surface area (Å²) in [6.07, 6.45) is 2.37. The van der Waals surface area contributed by atoms with Gasteiger partial charge >= 0.3 is 0 Å². The van der Waals surface area contributed by atoms with Gasteiger partial charge in [-0.3, -0.25) is 0 Å². The van der Waals surface area contributed by atoms with Crippen LogP contribution in [-0.2, 0) is 10.0 Å². The van der Waals surface area contributed by atoms with Crippen LogP contribution in [0.5, 0.6) is 11.6 Å². The van der Waals surface area contributed by atoms with Gasteiger partial charge < -0.3 is 9.47 Å². The molecular formula is C22H24ClN3O4S. The van der Waals surface area contributed by atoms with Crippen LogP contribution in [0, 0.1) is 0 Å². The first-order valence-corrected chi connectivity index (χ1v) is 12.2. The third-order valence-electron chi connectivity index (χ3n) is 5.30. The van der Waals surface area contributed by atoms with Crippen LogP contribution in [-0.4, -0.2) is 55.1 Å². The molecular weight excluding hydrogens is 438 g/mol. The van der Waals surface area contributed by atoms with Crippen LogP contribution < -0.4 is 9.47 Å². The molecule has 1 aliphatic rings. The first-order chi connectivity index (χ1) is 14.8. The zero-order chi connectivity index (χ0) is 22.0. The van der Waals surface area contributed by atoms with E-state index in [4.69, 9.17) is 26.2 Å². The van der Waals surface area contributed by atoms with Gasteiger partial charge in [-0.1, -0.05) is 35.9 Å². The zero-order valence-corrected chi connectivity index (χ0v) is 18.9. The van der Waals surface area contributed by atoms with Crippen LogP contribution in [0.15, 0.2) is 54.6 Å². The fraction of sp³-hybridized carbons (Fsp3) is 0.318. The molecule has 1 saturated heterocycles. The number of halogens is 1. The monoisotopic (exact) mass is 461 g/mol. The molecule has 3 aromatic rings. The van der Waals surface area contributed by atoms with E-state index in [1.54, 1.807) is 11.8 Å². The largest absolute Gasteiger partial charge is 0.494 e. The minimum atomic E-state index is -3.17. The predicted octanol–water partition coefficient (Wildman–Crippen LogP) is 4.00. The van der Waals surface area contributed by atoms with Gasteiger partial charge in [-0.25, -0.2) is 17.4 Å². The van der Waals surface area contributed by atoms with Crippen LogP contribution in [0.3, 0.4) is 0 Å². The molecule has 0 aliphatic carbocycles. The summed E-state index contributed by atoms with van der Waals surface area (Å²) in [5.41, 5.74) is 2.56. The maximum atomic E-state index is 11.7. The summed E-state index contributed by atoms with van der Waals surface area (Å²) in [4.78, 5) is 0. The fourth-order valence-corrected chi connectivity index (χ4v) is 4.68. The highest BCUT2D eigenvalue weighted by Crippen LogP contribution is 2.32. The van der Waals surface area contributed by atoms with Gasteiger partial charge in [-0.15, -0.1) is 5.10 Å². The average molecular weight is 462 g/mol. The molecule has 1 fully saturated rings. The third-order valence-corrected chi connectivity index (χ3v) is 6.85. The normalized spacial score (nSPS) is 15.7. The van der Waals surface area contributed by atoms with E-state index in [-0.39, 0.29) is 6.10 Å². The van der Waals surface area contributed by atoms with Gasteiger partial charge in [-0.05, 0) is 37.1 Å². The molecule has 0 amide bonds. The number of nitrogens with zero attached hydrogens (tertiary/aromatic N) is 3. The van der Waals surface area contributed by atoms with Gasteiger partial charge in [0.15, 0.2) is 0 Å². The molecule has 0 spiro atoms. The van der Waals surface area contributed by atoms with Crippen molar-refractivity contribution in [3.05, 3.63) is 59.6 Å². The molecule has 0 N–H and O–H groups in total. The van der Waals surface area contributed by atoms with E-state index in [0.29, 0.717) is 42.6 Å². The standard InChI is InChI=1S/C22H24ClN3O4S/c1-29-21-6-4-3-5-19(21)26-20(16-7-9-17(23)10-8-16)15-22(24-26)30-18-11-13-25(14-12-18)31(2,27)28/h3-10,15,18H,11-14H2,1-2H3. The van der Waals surface area contributed by atoms with Crippen molar-refractivity contribution >= 4 is 21.6 Å². The van der Waals surface area contributed by atoms with Crippen molar-refractivity contribution in [3.63, 3.8) is 0 Å². The van der Waals surface area contributed by atoms with Crippen molar-refractivity contribution < 1.29 is 17.9 Å². The van der Waals surface area contributed by atoms with Gasteiger partial charge in [-0.2, -0.15) is 0 Å². The lowest BCUT2D eigenvalue weighted by atomic mass is 10.1. The molecule has 4 rings (SSSR count). The molecule has 0 unspecified atom stereocenters. The van der Waals surface area contributed by atoms with Gasteiger partial charge in [0.25, 0.3) is 0 Å². The molecule has 31 heavy (non-hydrogen) atoms. The van der Waals surface area contributed by atoms with Gasteiger partial charge in [0.2, 0.25) is 15.9 Å². The lowest BCUT2D eigenvalue weighted by Crippen LogP contribution is -2.41. The van der Waals surface area contributed by atoms with Crippen molar-refractivity contribution in [1.29, 1.82) is 0 Å². The third kappa shape index (κ3) is 4.87. The Bertz CT molecular complexity index is 1150. The Morgan fingerprint density at radius 2 is 1.74 bits per heavy atom. The molecule has 1 aromatic heterocycles. The van der Waals surface area contributed by atoms with Crippen molar-refractivity contribution in [2.75, 3.05) is 26.5 Å². The number of para-hydroxylation sites is 2. The molecule has 0 bridgehead atoms. The first kappa shape index (κ1) is 21.7. The highest BCUT2D eigenvalue weighted by atomic mass is 35.5. The first-order valence-electron chi connectivity index (χ1n) is 9.96. The second-order valence-corrected chi connectivity index (χ2v) is 9.86. The quantitative estimate of drug-likeness (QED) is 0.554. The summed E-state index contributed by atoms with van der Waals surface area (Å²) in [5, 5.41) is 5.35. The minimum absolute atomic E-state index is 0.0999. The van der Waals surface area contributed by atoms with E-state index in [0.717, 1.165) is 16.9 Å². The van der Waals surface area contributed by atoms with Crippen LogP contribution in [0.4, 0.5) is 0 Å². The Hall–Kier alpha value is -2.55. The average Bonchev–Trinajstić information content (AvgIpc) is 3.17. The van der Waals surface area contributed by atoms with Gasteiger partial charge in [0, 0.05) is 29.7 Å². The fourth-order valence-electron chi connectivity index (χ4n) is 3.68. The molecule has 2 aromatic carbocycles. The molecule has 9 heteroatoms. The second-order valence-electron chi connectivity index (χ2n) is 7.44. The number of ether oxygens (including phenoxy) is 2. The Kier molecular flexibility index (Phi) is 6.22. The second kappa shape index (κ2) is 8.90.